The van der Waals surface area contributed by atoms with Crippen LogP contribution in [0.25, 0.3) is 0 Å². The molecule has 0 saturated carbocycles. The molecule has 0 aliphatic carbocycles. The quantitative estimate of drug-likeness (QED) is 0.739. The lowest BCUT2D eigenvalue weighted by molar-refractivity contribution is -0.144. The molecular formula is C14H18O5S. The van der Waals surface area contributed by atoms with Crippen molar-refractivity contribution in [2.24, 2.45) is 0 Å². The molecule has 6 heteroatoms. The molecule has 0 spiro atoms. The number of carbonyl (C=O) groups excluding carboxylic acids is 1. The molecular weight excluding hydrogens is 280 g/mol. The van der Waals surface area contributed by atoms with E-state index in [4.69, 9.17) is 9.84 Å². The van der Waals surface area contributed by atoms with Crippen LogP contribution in [0.4, 0.5) is 0 Å². The first kappa shape index (κ1) is 16.4. The molecule has 0 aliphatic heterocycles. The molecule has 1 aromatic rings. The van der Waals surface area contributed by atoms with Gasteiger partial charge < -0.3 is 9.84 Å². The fourth-order valence-corrected chi connectivity index (χ4v) is 2.56. The number of hydrogen-bond acceptors (Lipinski definition) is 4. The third kappa shape index (κ3) is 5.97. The van der Waals surface area contributed by atoms with E-state index < -0.39 is 28.0 Å². The summed E-state index contributed by atoms with van der Waals surface area (Å²) < 4.78 is 16.9. The van der Waals surface area contributed by atoms with E-state index in [1.807, 2.05) is 30.3 Å². The second-order valence-corrected chi connectivity index (χ2v) is 6.19. The Morgan fingerprint density at radius 1 is 1.30 bits per heavy atom. The molecule has 110 valence electrons. The molecule has 1 aromatic carbocycles. The summed E-state index contributed by atoms with van der Waals surface area (Å²) in [5.74, 6) is -1.27. The molecule has 0 aliphatic rings. The smallest absolute Gasteiger partial charge is 0.321 e. The zero-order valence-electron chi connectivity index (χ0n) is 11.3. The van der Waals surface area contributed by atoms with E-state index >= 15 is 0 Å². The van der Waals surface area contributed by atoms with Crippen molar-refractivity contribution in [3.63, 3.8) is 0 Å². The highest BCUT2D eigenvalue weighted by molar-refractivity contribution is 7.86. The Balaban J connectivity index is 2.34. The number of benzene rings is 1. The Bertz CT molecular complexity index is 472. The van der Waals surface area contributed by atoms with Gasteiger partial charge in [0.1, 0.15) is 11.9 Å². The lowest BCUT2D eigenvalue weighted by atomic mass is 10.2. The SMILES string of the molecule is CC(C(=O)OCc1ccccc1)S(=O)CCCC(=O)O. The second-order valence-electron chi connectivity index (χ2n) is 4.32. The first-order chi connectivity index (χ1) is 9.50. The number of esters is 1. The fourth-order valence-electron chi connectivity index (χ4n) is 1.50. The zero-order chi connectivity index (χ0) is 15.0. The van der Waals surface area contributed by atoms with Gasteiger partial charge in [-0.1, -0.05) is 30.3 Å². The molecule has 1 N–H and O–H groups in total. The summed E-state index contributed by atoms with van der Waals surface area (Å²) in [6.45, 7) is 1.68. The molecule has 0 radical (unpaired) electrons. The molecule has 0 aromatic heterocycles. The molecule has 20 heavy (non-hydrogen) atoms. The van der Waals surface area contributed by atoms with Gasteiger partial charge in [0.25, 0.3) is 0 Å². The lowest BCUT2D eigenvalue weighted by Gasteiger charge is -2.11. The molecule has 0 bridgehead atoms. The lowest BCUT2D eigenvalue weighted by Crippen LogP contribution is -2.26. The fraction of sp³-hybridized carbons (Fsp3) is 0.429. The average Bonchev–Trinajstić information content (AvgIpc) is 2.44. The van der Waals surface area contributed by atoms with E-state index in [2.05, 4.69) is 0 Å². The van der Waals surface area contributed by atoms with Crippen molar-refractivity contribution < 1.29 is 23.6 Å². The molecule has 0 heterocycles. The van der Waals surface area contributed by atoms with Crippen molar-refractivity contribution in [3.8, 4) is 0 Å². The summed E-state index contributed by atoms with van der Waals surface area (Å²) in [6.07, 6.45) is 0.246. The number of carboxylic acids is 1. The van der Waals surface area contributed by atoms with Crippen molar-refractivity contribution in [1.82, 2.24) is 0 Å². The van der Waals surface area contributed by atoms with E-state index in [-0.39, 0.29) is 25.2 Å². The Morgan fingerprint density at radius 2 is 1.95 bits per heavy atom. The zero-order valence-corrected chi connectivity index (χ0v) is 12.1. The first-order valence-electron chi connectivity index (χ1n) is 6.30. The van der Waals surface area contributed by atoms with Crippen LogP contribution in [0.5, 0.6) is 0 Å². The van der Waals surface area contributed by atoms with Gasteiger partial charge in [0.2, 0.25) is 0 Å². The topological polar surface area (TPSA) is 80.7 Å². The Kier molecular flexibility index (Phi) is 6.93. The highest BCUT2D eigenvalue weighted by Gasteiger charge is 2.21. The summed E-state index contributed by atoms with van der Waals surface area (Å²) in [5, 5.41) is 7.75. The molecule has 2 unspecified atom stereocenters. The number of rotatable bonds is 8. The second kappa shape index (κ2) is 8.47. The van der Waals surface area contributed by atoms with Crippen molar-refractivity contribution in [1.29, 1.82) is 0 Å². The van der Waals surface area contributed by atoms with E-state index in [0.29, 0.717) is 0 Å². The number of carboxylic acid groups (broad SMARTS) is 1. The molecule has 0 saturated heterocycles. The van der Waals surface area contributed by atoms with Crippen LogP contribution in [0.2, 0.25) is 0 Å². The molecule has 0 fully saturated rings. The average molecular weight is 298 g/mol. The normalized spacial score (nSPS) is 13.4. The van der Waals surface area contributed by atoms with Crippen LogP contribution in [0.3, 0.4) is 0 Å². The molecule has 2 atom stereocenters. The van der Waals surface area contributed by atoms with Crippen molar-refractivity contribution in [2.45, 2.75) is 31.6 Å². The Labute approximate surface area is 120 Å². The minimum Gasteiger partial charge on any atom is -0.481 e. The van der Waals surface area contributed by atoms with Crippen LogP contribution in [-0.2, 0) is 31.7 Å². The van der Waals surface area contributed by atoms with E-state index in [1.165, 1.54) is 6.92 Å². The monoisotopic (exact) mass is 298 g/mol. The van der Waals surface area contributed by atoms with E-state index in [1.54, 1.807) is 0 Å². The number of carbonyl (C=O) groups is 2. The minimum atomic E-state index is -1.41. The largest absolute Gasteiger partial charge is 0.481 e. The van der Waals surface area contributed by atoms with Gasteiger partial charge in [-0.25, -0.2) is 0 Å². The van der Waals surface area contributed by atoms with Gasteiger partial charge in [0.05, 0.1) is 0 Å². The van der Waals surface area contributed by atoms with E-state index in [9.17, 15) is 13.8 Å². The van der Waals surface area contributed by atoms with Crippen LogP contribution >= 0.6 is 0 Å². The maximum atomic E-state index is 11.8. The maximum absolute atomic E-state index is 11.8. The number of aliphatic carboxylic acids is 1. The predicted molar refractivity (Wildman–Crippen MR) is 75.6 cm³/mol. The van der Waals surface area contributed by atoms with Gasteiger partial charge in [0, 0.05) is 23.0 Å². The number of hydrogen-bond donors (Lipinski definition) is 1. The predicted octanol–water partition coefficient (Wildman–Crippen LogP) is 1.73. The minimum absolute atomic E-state index is 0.0441. The maximum Gasteiger partial charge on any atom is 0.321 e. The number of ether oxygens (including phenoxy) is 1. The summed E-state index contributed by atoms with van der Waals surface area (Å²) in [7, 11) is -1.41. The summed E-state index contributed by atoms with van der Waals surface area (Å²) >= 11 is 0. The van der Waals surface area contributed by atoms with Crippen LogP contribution in [0, 0.1) is 0 Å². The van der Waals surface area contributed by atoms with Crippen LogP contribution in [-0.4, -0.2) is 32.3 Å². The van der Waals surface area contributed by atoms with Gasteiger partial charge >= 0.3 is 11.9 Å². The van der Waals surface area contributed by atoms with Crippen LogP contribution in [0.15, 0.2) is 30.3 Å². The Morgan fingerprint density at radius 3 is 2.55 bits per heavy atom. The summed E-state index contributed by atoms with van der Waals surface area (Å²) in [4.78, 5) is 22.1. The highest BCUT2D eigenvalue weighted by atomic mass is 32.2. The summed E-state index contributed by atoms with van der Waals surface area (Å²) in [6, 6.07) is 9.22. The molecule has 0 amide bonds. The van der Waals surface area contributed by atoms with Gasteiger partial charge in [-0.15, -0.1) is 0 Å². The van der Waals surface area contributed by atoms with Gasteiger partial charge in [-0.05, 0) is 18.9 Å². The van der Waals surface area contributed by atoms with Crippen molar-refractivity contribution >= 4 is 22.7 Å². The third-order valence-corrected chi connectivity index (χ3v) is 4.36. The van der Waals surface area contributed by atoms with Crippen molar-refractivity contribution in [3.05, 3.63) is 35.9 Å². The standard InChI is InChI=1S/C14H18O5S/c1-11(20(18)9-5-8-13(15)16)14(17)19-10-12-6-3-2-4-7-12/h2-4,6-7,11H,5,8-10H2,1H3,(H,15,16). The summed E-state index contributed by atoms with van der Waals surface area (Å²) in [5.41, 5.74) is 0.865. The van der Waals surface area contributed by atoms with Crippen molar-refractivity contribution in [2.75, 3.05) is 5.75 Å². The van der Waals surface area contributed by atoms with E-state index in [0.717, 1.165) is 5.56 Å². The van der Waals surface area contributed by atoms with Gasteiger partial charge in [-0.2, -0.15) is 0 Å². The Hall–Kier alpha value is -1.69. The van der Waals surface area contributed by atoms with Crippen LogP contribution < -0.4 is 0 Å². The first-order valence-corrected chi connectivity index (χ1v) is 7.68. The van der Waals surface area contributed by atoms with Crippen LogP contribution in [0.1, 0.15) is 25.3 Å². The molecule has 1 rings (SSSR count). The van der Waals surface area contributed by atoms with Gasteiger partial charge in [-0.3, -0.25) is 13.8 Å². The van der Waals surface area contributed by atoms with Gasteiger partial charge in [0.15, 0.2) is 0 Å². The highest BCUT2D eigenvalue weighted by Crippen LogP contribution is 2.06. The third-order valence-electron chi connectivity index (χ3n) is 2.69. The molecule has 5 nitrogen and oxygen atoms in total.